The highest BCUT2D eigenvalue weighted by Crippen LogP contribution is 2.34. The van der Waals surface area contributed by atoms with Gasteiger partial charge in [-0.2, -0.15) is 0 Å². The molecule has 86 valence electrons. The summed E-state index contributed by atoms with van der Waals surface area (Å²) in [5.41, 5.74) is 1.68. The SMILES string of the molecule is COC(=O)CN(C)C1=CCC(C)(C)CC1. The van der Waals surface area contributed by atoms with Crippen molar-refractivity contribution in [1.29, 1.82) is 0 Å². The fourth-order valence-electron chi connectivity index (χ4n) is 1.77. The quantitative estimate of drug-likeness (QED) is 0.670. The third-order valence-corrected chi connectivity index (χ3v) is 3.03. The zero-order chi connectivity index (χ0) is 11.5. The van der Waals surface area contributed by atoms with E-state index in [0.717, 1.165) is 12.8 Å². The molecule has 0 aromatic carbocycles. The molecule has 0 spiro atoms. The first kappa shape index (κ1) is 12.1. The number of allylic oxidation sites excluding steroid dienone is 2. The minimum Gasteiger partial charge on any atom is -0.468 e. The van der Waals surface area contributed by atoms with Crippen LogP contribution in [-0.4, -0.2) is 31.6 Å². The summed E-state index contributed by atoms with van der Waals surface area (Å²) < 4.78 is 4.64. The second-order valence-electron chi connectivity index (χ2n) is 5.00. The van der Waals surface area contributed by atoms with Crippen molar-refractivity contribution in [1.82, 2.24) is 4.90 Å². The number of rotatable bonds is 3. The van der Waals surface area contributed by atoms with Crippen LogP contribution < -0.4 is 0 Å². The summed E-state index contributed by atoms with van der Waals surface area (Å²) in [4.78, 5) is 13.1. The Hall–Kier alpha value is -0.990. The molecule has 0 saturated carbocycles. The minimum absolute atomic E-state index is 0.178. The monoisotopic (exact) mass is 211 g/mol. The molecule has 0 bridgehead atoms. The first-order chi connectivity index (χ1) is 6.94. The molecule has 0 heterocycles. The van der Waals surface area contributed by atoms with Crippen molar-refractivity contribution in [2.24, 2.45) is 5.41 Å². The van der Waals surface area contributed by atoms with Gasteiger partial charge in [-0.05, 0) is 24.7 Å². The Kier molecular flexibility index (Phi) is 3.77. The zero-order valence-corrected chi connectivity index (χ0v) is 10.2. The topological polar surface area (TPSA) is 29.5 Å². The number of hydrogen-bond donors (Lipinski definition) is 0. The maximum atomic E-state index is 11.1. The van der Waals surface area contributed by atoms with Crippen molar-refractivity contribution in [2.75, 3.05) is 20.7 Å². The molecule has 0 unspecified atom stereocenters. The molecule has 0 saturated heterocycles. The van der Waals surface area contributed by atoms with Crippen molar-refractivity contribution in [3.8, 4) is 0 Å². The second kappa shape index (κ2) is 4.69. The summed E-state index contributed by atoms with van der Waals surface area (Å²) in [5.74, 6) is -0.178. The second-order valence-corrected chi connectivity index (χ2v) is 5.00. The number of likely N-dealkylation sites (N-methyl/N-ethyl adjacent to an activating group) is 1. The van der Waals surface area contributed by atoms with E-state index < -0.39 is 0 Å². The van der Waals surface area contributed by atoms with Crippen LogP contribution in [-0.2, 0) is 9.53 Å². The predicted molar refractivity (Wildman–Crippen MR) is 60.4 cm³/mol. The molecule has 0 fully saturated rings. The number of carbonyl (C=O) groups is 1. The van der Waals surface area contributed by atoms with Gasteiger partial charge in [-0.25, -0.2) is 0 Å². The van der Waals surface area contributed by atoms with Gasteiger partial charge in [0.25, 0.3) is 0 Å². The average Bonchev–Trinajstić information content (AvgIpc) is 2.17. The average molecular weight is 211 g/mol. The van der Waals surface area contributed by atoms with Crippen LogP contribution in [0, 0.1) is 5.41 Å². The molecule has 0 atom stereocenters. The van der Waals surface area contributed by atoms with E-state index >= 15 is 0 Å². The van der Waals surface area contributed by atoms with Gasteiger partial charge in [0.1, 0.15) is 6.54 Å². The molecule has 0 aromatic rings. The maximum Gasteiger partial charge on any atom is 0.325 e. The Bertz CT molecular complexity index is 269. The fraction of sp³-hybridized carbons (Fsp3) is 0.750. The van der Waals surface area contributed by atoms with Crippen LogP contribution in [0.15, 0.2) is 11.8 Å². The normalized spacial score (nSPS) is 19.3. The highest BCUT2D eigenvalue weighted by Gasteiger charge is 2.23. The Morgan fingerprint density at radius 3 is 2.73 bits per heavy atom. The number of ether oxygens (including phenoxy) is 1. The molecule has 3 heteroatoms. The first-order valence-electron chi connectivity index (χ1n) is 5.41. The molecule has 0 radical (unpaired) electrons. The Balaban J connectivity index is 2.51. The summed E-state index contributed by atoms with van der Waals surface area (Å²) >= 11 is 0. The molecular formula is C12H21NO2. The maximum absolute atomic E-state index is 11.1. The van der Waals surface area contributed by atoms with Gasteiger partial charge in [-0.3, -0.25) is 4.79 Å². The number of methoxy groups -OCH3 is 1. The van der Waals surface area contributed by atoms with E-state index in [9.17, 15) is 4.79 Å². The zero-order valence-electron chi connectivity index (χ0n) is 10.2. The van der Waals surface area contributed by atoms with Gasteiger partial charge in [0.05, 0.1) is 7.11 Å². The summed E-state index contributed by atoms with van der Waals surface area (Å²) in [7, 11) is 3.37. The minimum atomic E-state index is -0.178. The van der Waals surface area contributed by atoms with E-state index in [4.69, 9.17) is 0 Å². The van der Waals surface area contributed by atoms with Crippen LogP contribution in [0.2, 0.25) is 0 Å². The lowest BCUT2D eigenvalue weighted by molar-refractivity contribution is -0.141. The third-order valence-electron chi connectivity index (χ3n) is 3.03. The van der Waals surface area contributed by atoms with Crippen LogP contribution in [0.4, 0.5) is 0 Å². The van der Waals surface area contributed by atoms with E-state index in [0.29, 0.717) is 12.0 Å². The van der Waals surface area contributed by atoms with Crippen LogP contribution in [0.5, 0.6) is 0 Å². The Morgan fingerprint density at radius 1 is 1.60 bits per heavy atom. The van der Waals surface area contributed by atoms with Crippen molar-refractivity contribution >= 4 is 5.97 Å². The number of hydrogen-bond acceptors (Lipinski definition) is 3. The van der Waals surface area contributed by atoms with E-state index in [1.807, 2.05) is 11.9 Å². The van der Waals surface area contributed by atoms with Gasteiger partial charge in [0.15, 0.2) is 0 Å². The number of esters is 1. The lowest BCUT2D eigenvalue weighted by atomic mass is 9.80. The van der Waals surface area contributed by atoms with Crippen molar-refractivity contribution in [2.45, 2.75) is 33.1 Å². The number of nitrogens with zero attached hydrogens (tertiary/aromatic N) is 1. The standard InChI is InChI=1S/C12H21NO2/c1-12(2)7-5-10(6-8-12)13(3)9-11(14)15-4/h5H,6-9H2,1-4H3. The molecule has 1 aliphatic carbocycles. The first-order valence-corrected chi connectivity index (χ1v) is 5.41. The molecule has 15 heavy (non-hydrogen) atoms. The summed E-state index contributed by atoms with van der Waals surface area (Å²) in [6.07, 6.45) is 5.57. The van der Waals surface area contributed by atoms with E-state index in [1.54, 1.807) is 0 Å². The third kappa shape index (κ3) is 3.57. The number of carbonyl (C=O) groups excluding carboxylic acids is 1. The van der Waals surface area contributed by atoms with E-state index in [1.165, 1.54) is 19.2 Å². The van der Waals surface area contributed by atoms with Crippen LogP contribution in [0.25, 0.3) is 0 Å². The van der Waals surface area contributed by atoms with Gasteiger partial charge in [0.2, 0.25) is 0 Å². The fourth-order valence-corrected chi connectivity index (χ4v) is 1.77. The van der Waals surface area contributed by atoms with E-state index in [-0.39, 0.29) is 5.97 Å². The van der Waals surface area contributed by atoms with Crippen LogP contribution in [0.1, 0.15) is 33.1 Å². The van der Waals surface area contributed by atoms with Crippen LogP contribution in [0.3, 0.4) is 0 Å². The largest absolute Gasteiger partial charge is 0.468 e. The molecule has 0 N–H and O–H groups in total. The predicted octanol–water partition coefficient (Wildman–Crippen LogP) is 2.19. The van der Waals surface area contributed by atoms with Crippen LogP contribution >= 0.6 is 0 Å². The van der Waals surface area contributed by atoms with Crippen molar-refractivity contribution in [3.63, 3.8) is 0 Å². The Morgan fingerprint density at radius 2 is 2.27 bits per heavy atom. The molecule has 0 aromatic heterocycles. The smallest absolute Gasteiger partial charge is 0.325 e. The molecule has 1 rings (SSSR count). The van der Waals surface area contributed by atoms with Crippen molar-refractivity contribution in [3.05, 3.63) is 11.8 Å². The lowest BCUT2D eigenvalue weighted by Crippen LogP contribution is -2.29. The van der Waals surface area contributed by atoms with Gasteiger partial charge in [-0.15, -0.1) is 0 Å². The van der Waals surface area contributed by atoms with Gasteiger partial charge in [-0.1, -0.05) is 19.9 Å². The van der Waals surface area contributed by atoms with E-state index in [2.05, 4.69) is 24.7 Å². The van der Waals surface area contributed by atoms with Gasteiger partial charge < -0.3 is 9.64 Å². The summed E-state index contributed by atoms with van der Waals surface area (Å²) in [6.45, 7) is 4.91. The Labute approximate surface area is 92.1 Å². The molecule has 1 aliphatic rings. The molecule has 0 amide bonds. The molecule has 0 aliphatic heterocycles. The highest BCUT2D eigenvalue weighted by molar-refractivity contribution is 5.71. The molecular weight excluding hydrogens is 190 g/mol. The van der Waals surface area contributed by atoms with Gasteiger partial charge in [0, 0.05) is 12.7 Å². The summed E-state index contributed by atoms with van der Waals surface area (Å²) in [5, 5.41) is 0. The highest BCUT2D eigenvalue weighted by atomic mass is 16.5. The summed E-state index contributed by atoms with van der Waals surface area (Å²) in [6, 6.07) is 0. The lowest BCUT2D eigenvalue weighted by Gasteiger charge is -2.32. The van der Waals surface area contributed by atoms with Crippen molar-refractivity contribution < 1.29 is 9.53 Å². The molecule has 3 nitrogen and oxygen atoms in total. The van der Waals surface area contributed by atoms with Gasteiger partial charge >= 0.3 is 5.97 Å².